The molecule has 0 aliphatic carbocycles. The second-order valence-electron chi connectivity index (χ2n) is 8.76. The van der Waals surface area contributed by atoms with Crippen molar-refractivity contribution in [1.29, 1.82) is 0 Å². The van der Waals surface area contributed by atoms with Crippen LogP contribution in [0.25, 0.3) is 0 Å². The molecule has 0 aromatic heterocycles. The van der Waals surface area contributed by atoms with Gasteiger partial charge in [0.25, 0.3) is 0 Å². The summed E-state index contributed by atoms with van der Waals surface area (Å²) in [6, 6.07) is 6.51. The van der Waals surface area contributed by atoms with Crippen LogP contribution in [0.2, 0.25) is 0 Å². The van der Waals surface area contributed by atoms with Crippen LogP contribution >= 0.6 is 11.8 Å². The Bertz CT molecular complexity index is 727. The Kier molecular flexibility index (Phi) is 11.4. The van der Waals surface area contributed by atoms with E-state index in [4.69, 9.17) is 0 Å². The second kappa shape index (κ2) is 13.7. The number of hydrogen-bond donors (Lipinski definition) is 1. The van der Waals surface area contributed by atoms with Gasteiger partial charge in [0.2, 0.25) is 5.91 Å². The Labute approximate surface area is 194 Å². The molecule has 0 bridgehead atoms. The highest BCUT2D eigenvalue weighted by molar-refractivity contribution is 7.99. The molecule has 1 N–H and O–H groups in total. The summed E-state index contributed by atoms with van der Waals surface area (Å²) in [5.41, 5.74) is 3.47. The number of nitrogens with zero attached hydrogens (tertiary/aromatic N) is 2. The van der Waals surface area contributed by atoms with Crippen LogP contribution in [0.3, 0.4) is 0 Å². The third kappa shape index (κ3) is 8.82. The molecule has 172 valence electrons. The molecular formula is C26H41N3OS. The van der Waals surface area contributed by atoms with Gasteiger partial charge >= 0.3 is 0 Å². The zero-order chi connectivity index (χ0) is 22.6. The summed E-state index contributed by atoms with van der Waals surface area (Å²) in [5.74, 6) is 1.51. The second-order valence-corrected chi connectivity index (χ2v) is 9.90. The number of likely N-dealkylation sites (tertiary alicyclic amines) is 1. The van der Waals surface area contributed by atoms with Gasteiger partial charge in [0.05, 0.1) is 5.69 Å². The van der Waals surface area contributed by atoms with Gasteiger partial charge in [-0.15, -0.1) is 11.8 Å². The van der Waals surface area contributed by atoms with Crippen molar-refractivity contribution in [2.45, 2.75) is 76.7 Å². The lowest BCUT2D eigenvalue weighted by Crippen LogP contribution is -2.40. The van der Waals surface area contributed by atoms with Crippen LogP contribution in [0.5, 0.6) is 0 Å². The molecule has 0 spiro atoms. The first-order valence-corrected chi connectivity index (χ1v) is 12.9. The highest BCUT2D eigenvalue weighted by Crippen LogP contribution is 2.31. The van der Waals surface area contributed by atoms with Gasteiger partial charge in [-0.3, -0.25) is 14.7 Å². The number of aryl methyl sites for hydroxylation is 1. The van der Waals surface area contributed by atoms with Crippen molar-refractivity contribution in [2.24, 2.45) is 10.9 Å². The van der Waals surface area contributed by atoms with Gasteiger partial charge < -0.3 is 5.32 Å². The normalized spacial score (nSPS) is 16.1. The minimum Gasteiger partial charge on any atom is -0.353 e. The van der Waals surface area contributed by atoms with Crippen LogP contribution in [-0.4, -0.2) is 49.0 Å². The molecule has 1 heterocycles. The number of benzene rings is 1. The molecule has 1 aromatic carbocycles. The van der Waals surface area contributed by atoms with Crippen molar-refractivity contribution in [3.8, 4) is 0 Å². The molecule has 1 aromatic rings. The van der Waals surface area contributed by atoms with Crippen LogP contribution in [0.1, 0.15) is 64.9 Å². The van der Waals surface area contributed by atoms with Gasteiger partial charge in [-0.25, -0.2) is 0 Å². The first-order chi connectivity index (χ1) is 15.0. The number of rotatable bonds is 14. The predicted molar refractivity (Wildman–Crippen MR) is 136 cm³/mol. The minimum absolute atomic E-state index is 0.157. The number of thioether (sulfide) groups is 1. The number of amides is 1. The van der Waals surface area contributed by atoms with Gasteiger partial charge in [-0.05, 0) is 81.3 Å². The fourth-order valence-electron chi connectivity index (χ4n) is 4.03. The third-order valence-corrected chi connectivity index (χ3v) is 7.37. The Hall–Kier alpha value is -1.59. The monoisotopic (exact) mass is 443 g/mol. The molecule has 5 heteroatoms. The molecule has 1 aliphatic rings. The maximum Gasteiger partial charge on any atom is 0.220 e. The molecule has 1 saturated heterocycles. The average molecular weight is 444 g/mol. The van der Waals surface area contributed by atoms with E-state index in [1.165, 1.54) is 37.1 Å². The van der Waals surface area contributed by atoms with E-state index >= 15 is 0 Å². The molecule has 1 aliphatic heterocycles. The van der Waals surface area contributed by atoms with Crippen molar-refractivity contribution in [2.75, 3.05) is 25.4 Å². The number of carbonyl (C=O) groups excluding carboxylic acids is 1. The van der Waals surface area contributed by atoms with Crippen molar-refractivity contribution in [3.05, 3.63) is 35.9 Å². The van der Waals surface area contributed by atoms with Gasteiger partial charge in [0.15, 0.2) is 0 Å². The first-order valence-electron chi connectivity index (χ1n) is 11.9. The van der Waals surface area contributed by atoms with Crippen molar-refractivity contribution in [3.63, 3.8) is 0 Å². The quantitative estimate of drug-likeness (QED) is 0.165. The maximum atomic E-state index is 12.6. The molecule has 2 rings (SSSR count). The molecule has 31 heavy (non-hydrogen) atoms. The van der Waals surface area contributed by atoms with Crippen LogP contribution in [-0.2, 0) is 11.2 Å². The molecule has 0 radical (unpaired) electrons. The van der Waals surface area contributed by atoms with Crippen molar-refractivity contribution in [1.82, 2.24) is 10.2 Å². The predicted octanol–water partition coefficient (Wildman–Crippen LogP) is 6.03. The zero-order valence-electron chi connectivity index (χ0n) is 19.8. The van der Waals surface area contributed by atoms with Gasteiger partial charge in [0, 0.05) is 23.9 Å². The van der Waals surface area contributed by atoms with E-state index in [0.717, 1.165) is 48.6 Å². The smallest absolute Gasteiger partial charge is 0.220 e. The van der Waals surface area contributed by atoms with Crippen LogP contribution < -0.4 is 5.32 Å². The zero-order valence-corrected chi connectivity index (χ0v) is 20.6. The summed E-state index contributed by atoms with van der Waals surface area (Å²) < 4.78 is 0. The highest BCUT2D eigenvalue weighted by atomic mass is 32.2. The highest BCUT2D eigenvalue weighted by Gasteiger charge is 2.21. The molecule has 1 fully saturated rings. The lowest BCUT2D eigenvalue weighted by molar-refractivity contribution is -0.122. The number of nitrogens with one attached hydrogen (secondary N) is 1. The Morgan fingerprint density at radius 3 is 2.68 bits per heavy atom. The molecule has 2 unspecified atom stereocenters. The number of carbonyl (C=O) groups is 1. The molecule has 4 nitrogen and oxygen atoms in total. The maximum absolute atomic E-state index is 12.6. The summed E-state index contributed by atoms with van der Waals surface area (Å²) in [7, 11) is 0. The molecular weight excluding hydrogens is 402 g/mol. The van der Waals surface area contributed by atoms with Crippen LogP contribution in [0.4, 0.5) is 5.69 Å². The lowest BCUT2D eigenvalue weighted by atomic mass is 9.93. The van der Waals surface area contributed by atoms with E-state index in [9.17, 15) is 4.79 Å². The van der Waals surface area contributed by atoms with E-state index < -0.39 is 0 Å². The minimum atomic E-state index is 0.157. The van der Waals surface area contributed by atoms with Gasteiger partial charge in [0.1, 0.15) is 0 Å². The molecule has 0 saturated carbocycles. The molecule has 2 atom stereocenters. The van der Waals surface area contributed by atoms with E-state index in [0.29, 0.717) is 12.3 Å². The SMILES string of the molecule is C=Nc1ccc(CC)cc1SCCCC(=O)NC(CC(=C)CN1CCCC1)C(C)CC. The summed E-state index contributed by atoms with van der Waals surface area (Å²) >= 11 is 1.77. The Balaban J connectivity index is 1.78. The fraction of sp³-hybridized carbons (Fsp3) is 0.615. The molecule has 1 amide bonds. The third-order valence-electron chi connectivity index (χ3n) is 6.24. The Morgan fingerprint density at radius 2 is 2.03 bits per heavy atom. The number of aliphatic imine (C=N–C) groups is 1. The van der Waals surface area contributed by atoms with Crippen LogP contribution in [0.15, 0.2) is 40.2 Å². The van der Waals surface area contributed by atoms with Crippen molar-refractivity contribution < 1.29 is 4.79 Å². The van der Waals surface area contributed by atoms with E-state index in [1.54, 1.807) is 11.8 Å². The lowest BCUT2D eigenvalue weighted by Gasteiger charge is -2.27. The fourth-order valence-corrected chi connectivity index (χ4v) is 5.05. The first kappa shape index (κ1) is 25.7. The summed E-state index contributed by atoms with van der Waals surface area (Å²) in [6.45, 7) is 17.9. The van der Waals surface area contributed by atoms with Crippen LogP contribution in [0, 0.1) is 5.92 Å². The van der Waals surface area contributed by atoms with E-state index in [-0.39, 0.29) is 11.9 Å². The number of hydrogen-bond acceptors (Lipinski definition) is 4. The summed E-state index contributed by atoms with van der Waals surface area (Å²) in [5, 5.41) is 3.31. The summed E-state index contributed by atoms with van der Waals surface area (Å²) in [6.07, 6.45) is 6.95. The topological polar surface area (TPSA) is 44.7 Å². The van der Waals surface area contributed by atoms with Crippen molar-refractivity contribution >= 4 is 30.1 Å². The average Bonchev–Trinajstić information content (AvgIpc) is 3.28. The van der Waals surface area contributed by atoms with Gasteiger partial charge in [-0.2, -0.15) is 0 Å². The standard InChI is InChI=1S/C26H41N3OS/c1-6-21(4)24(17-20(3)19-29-14-8-9-15-29)28-26(30)11-10-16-31-25-18-22(7-2)12-13-23(25)27-5/h12-13,18,21,24H,3,5-11,14-17,19H2,1-2,4H3,(H,28,30). The largest absolute Gasteiger partial charge is 0.353 e. The van der Waals surface area contributed by atoms with Gasteiger partial charge in [-0.1, -0.05) is 45.4 Å². The van der Waals surface area contributed by atoms with E-state index in [1.807, 2.05) is 6.07 Å². The summed E-state index contributed by atoms with van der Waals surface area (Å²) in [4.78, 5) is 20.4. The van der Waals surface area contributed by atoms with E-state index in [2.05, 4.69) is 61.4 Å². The Morgan fingerprint density at radius 1 is 1.29 bits per heavy atom.